The molecule has 0 saturated heterocycles. The van der Waals surface area contributed by atoms with Crippen LogP contribution in [0.4, 0.5) is 5.69 Å². The number of hydrogen-bond donors (Lipinski definition) is 0. The largest absolute Gasteiger partial charge is 0.490 e. The fourth-order valence-electron chi connectivity index (χ4n) is 5.47. The van der Waals surface area contributed by atoms with Crippen LogP contribution in [-0.4, -0.2) is 61.7 Å². The zero-order valence-electron chi connectivity index (χ0n) is 23.8. The van der Waals surface area contributed by atoms with E-state index in [0.717, 1.165) is 72.2 Å². The molecule has 3 aromatic rings. The van der Waals surface area contributed by atoms with Crippen molar-refractivity contribution in [2.75, 3.05) is 44.9 Å². The van der Waals surface area contributed by atoms with Gasteiger partial charge in [-0.25, -0.2) is 0 Å². The lowest BCUT2D eigenvalue weighted by molar-refractivity contribution is -0.131. The van der Waals surface area contributed by atoms with Crippen LogP contribution in [0.15, 0.2) is 60.9 Å². The van der Waals surface area contributed by atoms with Crippen LogP contribution in [0.3, 0.4) is 0 Å². The van der Waals surface area contributed by atoms with Gasteiger partial charge in [-0.15, -0.1) is 0 Å². The van der Waals surface area contributed by atoms with Crippen LogP contribution in [0.5, 0.6) is 11.5 Å². The number of rotatable bonds is 5. The molecule has 216 valence electrons. The van der Waals surface area contributed by atoms with E-state index in [1.165, 1.54) is 0 Å². The molecule has 0 bridgehead atoms. The van der Waals surface area contributed by atoms with Gasteiger partial charge in [0.15, 0.2) is 11.5 Å². The highest BCUT2D eigenvalue weighted by Crippen LogP contribution is 2.32. The van der Waals surface area contributed by atoms with Gasteiger partial charge < -0.3 is 24.0 Å². The van der Waals surface area contributed by atoms with Gasteiger partial charge in [-0.05, 0) is 65.4 Å². The van der Waals surface area contributed by atoms with E-state index in [4.69, 9.17) is 14.2 Å². The summed E-state index contributed by atoms with van der Waals surface area (Å²) in [5, 5.41) is 0. The van der Waals surface area contributed by atoms with E-state index in [0.29, 0.717) is 38.6 Å². The summed E-state index contributed by atoms with van der Waals surface area (Å²) >= 11 is 0. The molecule has 41 heavy (non-hydrogen) atoms. The molecule has 0 spiro atoms. The van der Waals surface area contributed by atoms with Crippen molar-refractivity contribution in [3.8, 4) is 22.6 Å². The quantitative estimate of drug-likeness (QED) is 0.417. The van der Waals surface area contributed by atoms with Gasteiger partial charge in [0.05, 0.1) is 19.6 Å². The number of methoxy groups -OCH3 is 1. The maximum absolute atomic E-state index is 13.8. The van der Waals surface area contributed by atoms with Gasteiger partial charge in [0, 0.05) is 51.2 Å². The summed E-state index contributed by atoms with van der Waals surface area (Å²) in [6.45, 7) is 2.92. The predicted octanol–water partition coefficient (Wildman–Crippen LogP) is 5.42. The van der Waals surface area contributed by atoms with E-state index in [1.807, 2.05) is 58.5 Å². The summed E-state index contributed by atoms with van der Waals surface area (Å²) in [5.41, 5.74) is 4.64. The van der Waals surface area contributed by atoms with Crippen LogP contribution in [-0.2, 0) is 27.3 Å². The first-order valence-electron chi connectivity index (χ1n) is 14.6. The van der Waals surface area contributed by atoms with Gasteiger partial charge in [0.25, 0.3) is 5.91 Å². The van der Waals surface area contributed by atoms with Gasteiger partial charge >= 0.3 is 0 Å². The molecule has 2 aromatic carbocycles. The maximum Gasteiger partial charge on any atom is 0.252 e. The molecular weight excluding hydrogens is 518 g/mol. The minimum absolute atomic E-state index is 0.0105. The minimum atomic E-state index is -0.0787. The van der Waals surface area contributed by atoms with E-state index in [9.17, 15) is 9.59 Å². The third-order valence-electron chi connectivity index (χ3n) is 7.62. The van der Waals surface area contributed by atoms with Crippen molar-refractivity contribution in [1.82, 2.24) is 9.88 Å². The van der Waals surface area contributed by atoms with E-state index in [1.54, 1.807) is 13.3 Å². The number of aromatic nitrogens is 1. The molecule has 2 aliphatic rings. The molecule has 8 nitrogen and oxygen atoms in total. The second-order valence-corrected chi connectivity index (χ2v) is 10.7. The Morgan fingerprint density at radius 3 is 2.46 bits per heavy atom. The van der Waals surface area contributed by atoms with Crippen molar-refractivity contribution < 1.29 is 23.8 Å². The summed E-state index contributed by atoms with van der Waals surface area (Å²) in [6.07, 6.45) is 9.70. The molecule has 0 N–H and O–H groups in total. The molecule has 0 atom stereocenters. The zero-order valence-corrected chi connectivity index (χ0v) is 23.8. The Bertz CT molecular complexity index is 1330. The highest BCUT2D eigenvalue weighted by atomic mass is 16.5. The molecule has 0 saturated carbocycles. The van der Waals surface area contributed by atoms with Crippen LogP contribution in [0.25, 0.3) is 11.1 Å². The summed E-state index contributed by atoms with van der Waals surface area (Å²) in [4.78, 5) is 35.1. The number of ether oxygens (including phenoxy) is 3. The van der Waals surface area contributed by atoms with E-state index < -0.39 is 0 Å². The van der Waals surface area contributed by atoms with Gasteiger partial charge in [0.1, 0.15) is 6.61 Å². The van der Waals surface area contributed by atoms with E-state index in [-0.39, 0.29) is 24.8 Å². The minimum Gasteiger partial charge on any atom is -0.490 e. The Labute approximate surface area is 242 Å². The number of fused-ring (bicyclic) bond motifs is 2. The molecule has 0 fully saturated rings. The molecule has 2 amide bonds. The molecule has 0 aliphatic carbocycles. The van der Waals surface area contributed by atoms with Gasteiger partial charge in [0.2, 0.25) is 5.91 Å². The lowest BCUT2D eigenvalue weighted by Gasteiger charge is -2.30. The fourth-order valence-corrected chi connectivity index (χ4v) is 5.47. The molecule has 2 aliphatic heterocycles. The van der Waals surface area contributed by atoms with Crippen molar-refractivity contribution in [1.29, 1.82) is 0 Å². The number of anilines is 1. The highest BCUT2D eigenvalue weighted by Gasteiger charge is 2.23. The number of benzene rings is 2. The fraction of sp³-hybridized carbons (Fsp3) is 0.424. The first-order valence-corrected chi connectivity index (χ1v) is 14.6. The molecule has 1 aromatic heterocycles. The average Bonchev–Trinajstić information content (AvgIpc) is 3.23. The van der Waals surface area contributed by atoms with E-state index >= 15 is 0 Å². The zero-order chi connectivity index (χ0) is 28.4. The number of amides is 2. The van der Waals surface area contributed by atoms with Crippen LogP contribution in [0.2, 0.25) is 0 Å². The summed E-state index contributed by atoms with van der Waals surface area (Å²) < 4.78 is 16.9. The molecule has 5 rings (SSSR count). The molecule has 0 radical (unpaired) electrons. The second-order valence-electron chi connectivity index (χ2n) is 10.7. The summed E-state index contributed by atoms with van der Waals surface area (Å²) in [5.74, 6) is 1.39. The first-order chi connectivity index (χ1) is 20.1. The Morgan fingerprint density at radius 1 is 0.854 bits per heavy atom. The van der Waals surface area contributed by atoms with Gasteiger partial charge in [-0.1, -0.05) is 37.5 Å². The SMILES string of the molecule is COCC(=O)N1CCCCCCCN(C(=O)Cc2ccc3c(c2)OCCCO3)Cc2cc(-c3cccnc3)ccc21. The van der Waals surface area contributed by atoms with Crippen LogP contribution >= 0.6 is 0 Å². The molecule has 0 unspecified atom stereocenters. The number of hydrogen-bond acceptors (Lipinski definition) is 6. The lowest BCUT2D eigenvalue weighted by atomic mass is 10.0. The molecular formula is C33H39N3O5. The Kier molecular flexibility index (Phi) is 9.86. The van der Waals surface area contributed by atoms with Crippen molar-refractivity contribution in [2.24, 2.45) is 0 Å². The topological polar surface area (TPSA) is 81.2 Å². The summed E-state index contributed by atoms with van der Waals surface area (Å²) in [6, 6.07) is 15.8. The third-order valence-corrected chi connectivity index (χ3v) is 7.62. The van der Waals surface area contributed by atoms with Gasteiger partial charge in [-0.2, -0.15) is 0 Å². The second kappa shape index (κ2) is 14.1. The predicted molar refractivity (Wildman–Crippen MR) is 158 cm³/mol. The smallest absolute Gasteiger partial charge is 0.252 e. The Morgan fingerprint density at radius 2 is 1.66 bits per heavy atom. The molecule has 3 heterocycles. The number of carbonyl (C=O) groups is 2. The normalized spacial score (nSPS) is 16.1. The highest BCUT2D eigenvalue weighted by molar-refractivity contribution is 5.95. The van der Waals surface area contributed by atoms with Crippen LogP contribution in [0, 0.1) is 0 Å². The summed E-state index contributed by atoms with van der Waals surface area (Å²) in [7, 11) is 1.54. The Balaban J connectivity index is 1.47. The number of pyridine rings is 1. The Hall–Kier alpha value is -3.91. The average molecular weight is 558 g/mol. The first kappa shape index (κ1) is 28.6. The van der Waals surface area contributed by atoms with Gasteiger partial charge in [-0.3, -0.25) is 14.6 Å². The standard InChI is InChI=1S/C33H39N3O5/c1-39-24-33(38)36-16-6-4-2-3-5-15-35(23-28-21-26(11-12-29(28)36)27-9-7-14-34-22-27)32(37)20-25-10-13-30-31(19-25)41-18-8-17-40-30/h7,9-14,19,21-22H,2-6,8,15-18,20,23-24H2,1H3. The van der Waals surface area contributed by atoms with Crippen LogP contribution < -0.4 is 14.4 Å². The van der Waals surface area contributed by atoms with Crippen molar-refractivity contribution in [3.63, 3.8) is 0 Å². The number of nitrogens with zero attached hydrogens (tertiary/aromatic N) is 3. The van der Waals surface area contributed by atoms with Crippen molar-refractivity contribution in [3.05, 3.63) is 72.1 Å². The number of carbonyl (C=O) groups excluding carboxylic acids is 2. The monoisotopic (exact) mass is 557 g/mol. The molecule has 8 heteroatoms. The maximum atomic E-state index is 13.8. The van der Waals surface area contributed by atoms with Crippen molar-refractivity contribution in [2.45, 2.75) is 51.5 Å². The van der Waals surface area contributed by atoms with E-state index in [2.05, 4.69) is 11.1 Å². The van der Waals surface area contributed by atoms with Crippen molar-refractivity contribution >= 4 is 17.5 Å². The third kappa shape index (κ3) is 7.44. The van der Waals surface area contributed by atoms with Crippen LogP contribution in [0.1, 0.15) is 49.7 Å². The lowest BCUT2D eigenvalue weighted by Crippen LogP contribution is -2.37.